The Hall–Kier alpha value is -3.59. The van der Waals surface area contributed by atoms with E-state index in [-0.39, 0.29) is 0 Å². The van der Waals surface area contributed by atoms with Gasteiger partial charge in [-0.1, -0.05) is 24.3 Å². The summed E-state index contributed by atoms with van der Waals surface area (Å²) in [5, 5.41) is 9.60. The zero-order valence-corrected chi connectivity index (χ0v) is 12.0. The molecule has 0 spiro atoms. The molecule has 0 aliphatic carbocycles. The number of carbonyl (C=O) groups is 2. The Labute approximate surface area is 131 Å². The lowest BCUT2D eigenvalue weighted by Crippen LogP contribution is -2.41. The highest BCUT2D eigenvalue weighted by Crippen LogP contribution is 2.17. The van der Waals surface area contributed by atoms with Gasteiger partial charge in [0.05, 0.1) is 17.2 Å². The van der Waals surface area contributed by atoms with Crippen LogP contribution in [0.1, 0.15) is 26.3 Å². The predicted octanol–water partition coefficient (Wildman–Crippen LogP) is 2.11. The molecular formula is C17H12N4O2. The zero-order chi connectivity index (χ0) is 16.2. The Morgan fingerprint density at radius 1 is 1.00 bits per heavy atom. The van der Waals surface area contributed by atoms with Crippen LogP contribution in [0.5, 0.6) is 0 Å². The van der Waals surface area contributed by atoms with Crippen LogP contribution in [0.25, 0.3) is 10.9 Å². The maximum Gasteiger partial charge on any atom is 0.271 e. The summed E-state index contributed by atoms with van der Waals surface area (Å²) in [6.45, 7) is 0. The standard InChI is InChI=1S/C17H12N4O2/c18-9-11-4-3-5-12(8-11)16(22)20-21-17(23)14-10-19-15-7-2-1-6-13(14)15/h1-8,10,19H,(H,20,22)(H,21,23). The summed E-state index contributed by atoms with van der Waals surface area (Å²) >= 11 is 0. The summed E-state index contributed by atoms with van der Waals surface area (Å²) in [5.41, 5.74) is 6.66. The summed E-state index contributed by atoms with van der Waals surface area (Å²) < 4.78 is 0. The van der Waals surface area contributed by atoms with Gasteiger partial charge in [-0.25, -0.2) is 0 Å². The van der Waals surface area contributed by atoms with E-state index in [1.807, 2.05) is 30.3 Å². The van der Waals surface area contributed by atoms with Gasteiger partial charge >= 0.3 is 0 Å². The Kier molecular flexibility index (Phi) is 3.77. The average molecular weight is 304 g/mol. The number of nitriles is 1. The zero-order valence-electron chi connectivity index (χ0n) is 12.0. The van der Waals surface area contributed by atoms with Crippen LogP contribution in [0, 0.1) is 11.3 Å². The molecule has 0 radical (unpaired) electrons. The Morgan fingerprint density at radius 3 is 2.61 bits per heavy atom. The van der Waals surface area contributed by atoms with Crippen molar-refractivity contribution in [3.8, 4) is 6.07 Å². The lowest BCUT2D eigenvalue weighted by Gasteiger charge is -2.07. The fourth-order valence-corrected chi connectivity index (χ4v) is 2.24. The van der Waals surface area contributed by atoms with Gasteiger partial charge in [0.25, 0.3) is 11.8 Å². The fraction of sp³-hybridized carbons (Fsp3) is 0. The molecule has 1 heterocycles. The second kappa shape index (κ2) is 6.03. The lowest BCUT2D eigenvalue weighted by molar-refractivity contribution is 0.0847. The molecule has 0 aliphatic heterocycles. The molecule has 0 fully saturated rings. The smallest absolute Gasteiger partial charge is 0.271 e. The molecule has 0 unspecified atom stereocenters. The largest absolute Gasteiger partial charge is 0.360 e. The summed E-state index contributed by atoms with van der Waals surface area (Å²) in [6.07, 6.45) is 1.59. The lowest BCUT2D eigenvalue weighted by atomic mass is 10.1. The molecule has 3 aromatic rings. The van der Waals surface area contributed by atoms with Crippen molar-refractivity contribution >= 4 is 22.7 Å². The van der Waals surface area contributed by atoms with E-state index in [1.54, 1.807) is 24.4 Å². The first-order valence-corrected chi connectivity index (χ1v) is 6.86. The van der Waals surface area contributed by atoms with Crippen LogP contribution in [-0.4, -0.2) is 16.8 Å². The number of aromatic amines is 1. The van der Waals surface area contributed by atoms with Crippen molar-refractivity contribution in [2.24, 2.45) is 0 Å². The first-order chi connectivity index (χ1) is 11.2. The third-order valence-electron chi connectivity index (χ3n) is 3.38. The van der Waals surface area contributed by atoms with Crippen molar-refractivity contribution in [2.45, 2.75) is 0 Å². The summed E-state index contributed by atoms with van der Waals surface area (Å²) in [4.78, 5) is 27.2. The highest BCUT2D eigenvalue weighted by Gasteiger charge is 2.13. The minimum absolute atomic E-state index is 0.295. The highest BCUT2D eigenvalue weighted by molar-refractivity contribution is 6.07. The molecular weight excluding hydrogens is 292 g/mol. The number of aromatic nitrogens is 1. The topological polar surface area (TPSA) is 97.8 Å². The quantitative estimate of drug-likeness (QED) is 0.632. The van der Waals surface area contributed by atoms with Gasteiger partial charge in [-0.2, -0.15) is 5.26 Å². The van der Waals surface area contributed by atoms with Crippen molar-refractivity contribution in [2.75, 3.05) is 0 Å². The highest BCUT2D eigenvalue weighted by atomic mass is 16.2. The molecule has 2 aromatic carbocycles. The molecule has 0 bridgehead atoms. The van der Waals surface area contributed by atoms with Gasteiger partial charge in [-0.3, -0.25) is 20.4 Å². The number of carbonyl (C=O) groups excluding carboxylic acids is 2. The monoisotopic (exact) mass is 304 g/mol. The molecule has 112 valence electrons. The van der Waals surface area contributed by atoms with Gasteiger partial charge in [-0.15, -0.1) is 0 Å². The molecule has 2 amide bonds. The van der Waals surface area contributed by atoms with E-state index in [0.717, 1.165) is 10.9 Å². The van der Waals surface area contributed by atoms with Crippen LogP contribution in [0.3, 0.4) is 0 Å². The maximum absolute atomic E-state index is 12.2. The van der Waals surface area contributed by atoms with Crippen molar-refractivity contribution in [1.29, 1.82) is 5.26 Å². The first-order valence-electron chi connectivity index (χ1n) is 6.86. The van der Waals surface area contributed by atoms with Gasteiger partial charge in [0.15, 0.2) is 0 Å². The van der Waals surface area contributed by atoms with Gasteiger partial charge in [0.1, 0.15) is 0 Å². The number of hydrogen-bond acceptors (Lipinski definition) is 3. The van der Waals surface area contributed by atoms with Crippen LogP contribution in [0.4, 0.5) is 0 Å². The number of amides is 2. The van der Waals surface area contributed by atoms with E-state index in [9.17, 15) is 9.59 Å². The Balaban J connectivity index is 1.71. The molecule has 0 atom stereocenters. The van der Waals surface area contributed by atoms with Crippen LogP contribution in [0.2, 0.25) is 0 Å². The van der Waals surface area contributed by atoms with Crippen molar-refractivity contribution in [1.82, 2.24) is 15.8 Å². The number of rotatable bonds is 2. The predicted molar refractivity (Wildman–Crippen MR) is 84.4 cm³/mol. The molecule has 6 heteroatoms. The SMILES string of the molecule is N#Cc1cccc(C(=O)NNC(=O)c2c[nH]c3ccccc23)c1. The van der Waals surface area contributed by atoms with Crippen LogP contribution in [0.15, 0.2) is 54.7 Å². The normalized spacial score (nSPS) is 10.0. The number of fused-ring (bicyclic) bond motifs is 1. The van der Waals surface area contributed by atoms with Gasteiger partial charge in [0.2, 0.25) is 0 Å². The van der Waals surface area contributed by atoms with Gasteiger partial charge < -0.3 is 4.98 Å². The number of nitrogens with zero attached hydrogens (tertiary/aromatic N) is 1. The number of hydrogen-bond donors (Lipinski definition) is 3. The number of nitrogens with one attached hydrogen (secondary N) is 3. The fourth-order valence-electron chi connectivity index (χ4n) is 2.24. The molecule has 3 N–H and O–H groups in total. The molecule has 6 nitrogen and oxygen atoms in total. The minimum atomic E-state index is -0.490. The minimum Gasteiger partial charge on any atom is -0.360 e. The number of benzene rings is 2. The second-order valence-electron chi connectivity index (χ2n) is 4.85. The Bertz CT molecular complexity index is 937. The van der Waals surface area contributed by atoms with Crippen molar-refractivity contribution < 1.29 is 9.59 Å². The van der Waals surface area contributed by atoms with Crippen molar-refractivity contribution in [3.63, 3.8) is 0 Å². The van der Waals surface area contributed by atoms with Gasteiger partial charge in [0, 0.05) is 22.7 Å². The number of hydrazine groups is 1. The van der Waals surface area contributed by atoms with E-state index in [4.69, 9.17) is 5.26 Å². The summed E-state index contributed by atoms with van der Waals surface area (Å²) in [5.74, 6) is -0.914. The first kappa shape index (κ1) is 14.4. The van der Waals surface area contributed by atoms with Crippen LogP contribution >= 0.6 is 0 Å². The van der Waals surface area contributed by atoms with E-state index < -0.39 is 11.8 Å². The Morgan fingerprint density at radius 2 is 1.78 bits per heavy atom. The molecule has 0 saturated carbocycles. The average Bonchev–Trinajstić information content (AvgIpc) is 3.03. The number of para-hydroxylation sites is 1. The van der Waals surface area contributed by atoms with E-state index in [0.29, 0.717) is 16.7 Å². The summed E-state index contributed by atoms with van der Waals surface area (Å²) in [6, 6.07) is 15.6. The third kappa shape index (κ3) is 2.89. The third-order valence-corrected chi connectivity index (χ3v) is 3.38. The van der Waals surface area contributed by atoms with Crippen molar-refractivity contribution in [3.05, 3.63) is 71.4 Å². The molecule has 1 aromatic heterocycles. The molecule has 0 saturated heterocycles. The van der Waals surface area contributed by atoms with Crippen LogP contribution in [-0.2, 0) is 0 Å². The second-order valence-corrected chi connectivity index (χ2v) is 4.85. The van der Waals surface area contributed by atoms with E-state index in [2.05, 4.69) is 15.8 Å². The van der Waals surface area contributed by atoms with Gasteiger partial charge in [-0.05, 0) is 24.3 Å². The maximum atomic E-state index is 12.2. The number of H-pyrrole nitrogens is 1. The van der Waals surface area contributed by atoms with E-state index in [1.165, 1.54) is 6.07 Å². The molecule has 3 rings (SSSR count). The summed E-state index contributed by atoms with van der Waals surface area (Å²) in [7, 11) is 0. The van der Waals surface area contributed by atoms with Crippen LogP contribution < -0.4 is 10.9 Å². The molecule has 0 aliphatic rings. The van der Waals surface area contributed by atoms with E-state index >= 15 is 0 Å². The molecule has 23 heavy (non-hydrogen) atoms.